The molecular formula is C13H16O2. The maximum atomic E-state index is 11.4. The Morgan fingerprint density at radius 1 is 1.40 bits per heavy atom. The molecule has 0 spiro atoms. The smallest absolute Gasteiger partial charge is 0.163 e. The lowest BCUT2D eigenvalue weighted by atomic mass is 10.1. The van der Waals surface area contributed by atoms with Crippen molar-refractivity contribution in [3.05, 3.63) is 41.5 Å². The van der Waals surface area contributed by atoms with E-state index in [1.807, 2.05) is 26.0 Å². The van der Waals surface area contributed by atoms with Crippen molar-refractivity contribution >= 4 is 5.78 Å². The summed E-state index contributed by atoms with van der Waals surface area (Å²) < 4.78 is 5.57. The fourth-order valence-electron chi connectivity index (χ4n) is 1.32. The van der Waals surface area contributed by atoms with E-state index in [2.05, 4.69) is 6.58 Å². The van der Waals surface area contributed by atoms with E-state index in [0.717, 1.165) is 11.1 Å². The van der Waals surface area contributed by atoms with Crippen molar-refractivity contribution in [1.82, 2.24) is 0 Å². The van der Waals surface area contributed by atoms with E-state index >= 15 is 0 Å². The van der Waals surface area contributed by atoms with Gasteiger partial charge in [0, 0.05) is 0 Å². The van der Waals surface area contributed by atoms with Gasteiger partial charge in [0.1, 0.15) is 12.4 Å². The van der Waals surface area contributed by atoms with Crippen molar-refractivity contribution in [3.8, 4) is 5.75 Å². The highest BCUT2D eigenvalue weighted by Crippen LogP contribution is 2.24. The van der Waals surface area contributed by atoms with Crippen molar-refractivity contribution in [1.29, 1.82) is 0 Å². The molecule has 0 aromatic heterocycles. The third-order valence-electron chi connectivity index (χ3n) is 2.05. The first-order chi connectivity index (χ1) is 7.02. The average molecular weight is 204 g/mol. The number of ether oxygens (including phenoxy) is 1. The molecule has 0 saturated carbocycles. The number of carbonyl (C=O) groups is 1. The minimum atomic E-state index is 0.0235. The van der Waals surface area contributed by atoms with Crippen LogP contribution in [0.3, 0.4) is 0 Å². The van der Waals surface area contributed by atoms with Crippen LogP contribution in [-0.2, 0) is 0 Å². The lowest BCUT2D eigenvalue weighted by Crippen LogP contribution is -2.04. The van der Waals surface area contributed by atoms with Crippen LogP contribution in [-0.4, -0.2) is 12.4 Å². The Balaban J connectivity index is 3.02. The molecule has 0 fully saturated rings. The summed E-state index contributed by atoms with van der Waals surface area (Å²) >= 11 is 0. The van der Waals surface area contributed by atoms with Crippen LogP contribution in [0, 0.1) is 6.92 Å². The average Bonchev–Trinajstić information content (AvgIpc) is 2.15. The van der Waals surface area contributed by atoms with Gasteiger partial charge in [-0.25, -0.2) is 0 Å². The van der Waals surface area contributed by atoms with E-state index in [9.17, 15) is 4.79 Å². The number of hydrogen-bond acceptors (Lipinski definition) is 2. The zero-order valence-corrected chi connectivity index (χ0v) is 9.46. The summed E-state index contributed by atoms with van der Waals surface area (Å²) in [6.07, 6.45) is 0. The molecule has 15 heavy (non-hydrogen) atoms. The van der Waals surface area contributed by atoms with Crippen LogP contribution in [0.2, 0.25) is 0 Å². The Bertz CT molecular complexity index is 392. The van der Waals surface area contributed by atoms with E-state index in [4.69, 9.17) is 4.74 Å². The molecule has 1 aromatic rings. The molecule has 0 aliphatic heterocycles. The molecular weight excluding hydrogens is 188 g/mol. The van der Waals surface area contributed by atoms with Crippen molar-refractivity contribution < 1.29 is 9.53 Å². The summed E-state index contributed by atoms with van der Waals surface area (Å²) in [5.74, 6) is 0.698. The van der Waals surface area contributed by atoms with Gasteiger partial charge in [0.2, 0.25) is 0 Å². The highest BCUT2D eigenvalue weighted by molar-refractivity contribution is 5.97. The number of ketones is 1. The summed E-state index contributed by atoms with van der Waals surface area (Å²) in [6.45, 7) is 9.58. The van der Waals surface area contributed by atoms with Gasteiger partial charge in [-0.15, -0.1) is 0 Å². The topological polar surface area (TPSA) is 26.3 Å². The lowest BCUT2D eigenvalue weighted by Gasteiger charge is -2.12. The Hall–Kier alpha value is -1.57. The van der Waals surface area contributed by atoms with Crippen LogP contribution < -0.4 is 4.74 Å². The fraction of sp³-hybridized carbons (Fsp3) is 0.308. The van der Waals surface area contributed by atoms with Gasteiger partial charge in [0.15, 0.2) is 5.78 Å². The number of para-hydroxylation sites is 1. The highest BCUT2D eigenvalue weighted by Gasteiger charge is 2.10. The molecule has 0 aliphatic carbocycles. The van der Waals surface area contributed by atoms with E-state index < -0.39 is 0 Å². The first-order valence-corrected chi connectivity index (χ1v) is 4.90. The van der Waals surface area contributed by atoms with Crippen molar-refractivity contribution in [3.63, 3.8) is 0 Å². The second kappa shape index (κ2) is 4.78. The van der Waals surface area contributed by atoms with Gasteiger partial charge >= 0.3 is 0 Å². The van der Waals surface area contributed by atoms with Crippen LogP contribution in [0.15, 0.2) is 30.4 Å². The molecule has 0 saturated heterocycles. The maximum absolute atomic E-state index is 11.4. The molecule has 0 atom stereocenters. The van der Waals surface area contributed by atoms with Crippen molar-refractivity contribution in [2.75, 3.05) is 6.61 Å². The van der Waals surface area contributed by atoms with Crippen LogP contribution in [0.25, 0.3) is 0 Å². The molecule has 2 heteroatoms. The first kappa shape index (κ1) is 11.5. The zero-order chi connectivity index (χ0) is 11.4. The van der Waals surface area contributed by atoms with Crippen LogP contribution in [0.1, 0.15) is 29.8 Å². The van der Waals surface area contributed by atoms with Gasteiger partial charge < -0.3 is 4.74 Å². The molecule has 0 amide bonds. The molecule has 0 N–H and O–H groups in total. The third-order valence-corrected chi connectivity index (χ3v) is 2.05. The predicted molar refractivity (Wildman–Crippen MR) is 61.5 cm³/mol. The van der Waals surface area contributed by atoms with Gasteiger partial charge in [0.25, 0.3) is 0 Å². The number of aryl methyl sites for hydroxylation is 1. The molecule has 0 bridgehead atoms. The molecule has 1 aromatic carbocycles. The first-order valence-electron chi connectivity index (χ1n) is 4.90. The number of Topliss-reactive ketones (excluding diaryl/α,β-unsaturated/α-hetero) is 1. The van der Waals surface area contributed by atoms with Gasteiger partial charge in [-0.1, -0.05) is 18.7 Å². The minimum absolute atomic E-state index is 0.0235. The van der Waals surface area contributed by atoms with Crippen LogP contribution >= 0.6 is 0 Å². The number of hydrogen-bond donors (Lipinski definition) is 0. The molecule has 2 nitrogen and oxygen atoms in total. The van der Waals surface area contributed by atoms with Crippen LogP contribution in [0.5, 0.6) is 5.75 Å². The van der Waals surface area contributed by atoms with Crippen LogP contribution in [0.4, 0.5) is 0 Å². The number of rotatable bonds is 4. The molecule has 0 radical (unpaired) electrons. The summed E-state index contributed by atoms with van der Waals surface area (Å²) in [5.41, 5.74) is 2.55. The predicted octanol–water partition coefficient (Wildman–Crippen LogP) is 3.15. The summed E-state index contributed by atoms with van der Waals surface area (Å²) in [4.78, 5) is 11.4. The SMILES string of the molecule is C=C(C)COc1c(C)cccc1C(C)=O. The maximum Gasteiger partial charge on any atom is 0.163 e. The molecule has 0 heterocycles. The van der Waals surface area contributed by atoms with Crippen molar-refractivity contribution in [2.24, 2.45) is 0 Å². The third kappa shape index (κ3) is 2.94. The molecule has 0 aliphatic rings. The highest BCUT2D eigenvalue weighted by atomic mass is 16.5. The van der Waals surface area contributed by atoms with E-state index in [1.165, 1.54) is 0 Å². The monoisotopic (exact) mass is 204 g/mol. The quantitative estimate of drug-likeness (QED) is 0.556. The Morgan fingerprint density at radius 3 is 2.60 bits per heavy atom. The van der Waals surface area contributed by atoms with Gasteiger partial charge in [-0.3, -0.25) is 4.79 Å². The second-order valence-corrected chi connectivity index (χ2v) is 3.75. The Kier molecular flexibility index (Phi) is 3.67. The summed E-state index contributed by atoms with van der Waals surface area (Å²) in [7, 11) is 0. The fourth-order valence-corrected chi connectivity index (χ4v) is 1.32. The minimum Gasteiger partial charge on any atom is -0.488 e. The molecule has 80 valence electrons. The molecule has 1 rings (SSSR count). The largest absolute Gasteiger partial charge is 0.488 e. The molecule has 0 unspecified atom stereocenters. The van der Waals surface area contributed by atoms with Gasteiger partial charge in [-0.2, -0.15) is 0 Å². The zero-order valence-electron chi connectivity index (χ0n) is 9.46. The Morgan fingerprint density at radius 2 is 2.07 bits per heavy atom. The van der Waals surface area contributed by atoms with E-state index in [1.54, 1.807) is 13.0 Å². The number of carbonyl (C=O) groups excluding carboxylic acids is 1. The normalized spacial score (nSPS) is 9.80. The summed E-state index contributed by atoms with van der Waals surface area (Å²) in [6, 6.07) is 5.57. The summed E-state index contributed by atoms with van der Waals surface area (Å²) in [5, 5.41) is 0. The van der Waals surface area contributed by atoms with Crippen molar-refractivity contribution in [2.45, 2.75) is 20.8 Å². The lowest BCUT2D eigenvalue weighted by molar-refractivity contribution is 0.101. The second-order valence-electron chi connectivity index (χ2n) is 3.75. The van der Waals surface area contributed by atoms with E-state index in [0.29, 0.717) is 17.9 Å². The number of benzene rings is 1. The standard InChI is InChI=1S/C13H16O2/c1-9(2)8-15-13-10(3)6-5-7-12(13)11(4)14/h5-7H,1,8H2,2-4H3. The van der Waals surface area contributed by atoms with E-state index in [-0.39, 0.29) is 5.78 Å². The van der Waals surface area contributed by atoms with Gasteiger partial charge in [-0.05, 0) is 38.0 Å². The Labute approximate surface area is 90.6 Å². The van der Waals surface area contributed by atoms with Gasteiger partial charge in [0.05, 0.1) is 5.56 Å².